The molecular weight excluding hydrogens is 426 g/mol. The largest absolute Gasteiger partial charge is 0.497 e. The number of pyridine rings is 1. The molecule has 10 nitrogen and oxygen atoms in total. The van der Waals surface area contributed by atoms with Crippen LogP contribution in [-0.4, -0.2) is 39.6 Å². The van der Waals surface area contributed by atoms with Gasteiger partial charge in [0, 0.05) is 38.9 Å². The maximum Gasteiger partial charge on any atom is 0.332 e. The Morgan fingerprint density at radius 3 is 2.48 bits per heavy atom. The Balaban J connectivity index is 1.67. The van der Waals surface area contributed by atoms with E-state index in [4.69, 9.17) is 4.74 Å². The zero-order valence-corrected chi connectivity index (χ0v) is 18.9. The first-order valence-corrected chi connectivity index (χ1v) is 10.6. The predicted molar refractivity (Wildman–Crippen MR) is 124 cm³/mol. The van der Waals surface area contributed by atoms with E-state index < -0.39 is 17.2 Å². The van der Waals surface area contributed by atoms with Crippen LogP contribution in [0.25, 0.3) is 11.0 Å². The van der Waals surface area contributed by atoms with Gasteiger partial charge >= 0.3 is 5.69 Å². The van der Waals surface area contributed by atoms with Crippen LogP contribution >= 0.6 is 0 Å². The minimum Gasteiger partial charge on any atom is -0.497 e. The highest BCUT2D eigenvalue weighted by Crippen LogP contribution is 2.29. The van der Waals surface area contributed by atoms with Gasteiger partial charge in [-0.3, -0.25) is 23.5 Å². The molecule has 10 heteroatoms. The third-order valence-electron chi connectivity index (χ3n) is 6.06. The monoisotopic (exact) mass is 451 g/mol. The lowest BCUT2D eigenvalue weighted by Gasteiger charge is -2.18. The molecule has 2 amide bonds. The number of aromatic nitrogens is 3. The van der Waals surface area contributed by atoms with Crippen molar-refractivity contribution in [3.05, 3.63) is 56.9 Å². The normalized spacial score (nSPS) is 15.8. The highest BCUT2D eigenvalue weighted by molar-refractivity contribution is 6.06. The van der Waals surface area contributed by atoms with Gasteiger partial charge in [-0.15, -0.1) is 0 Å². The van der Waals surface area contributed by atoms with Crippen molar-refractivity contribution in [2.45, 2.75) is 19.8 Å². The topological polar surface area (TPSA) is 116 Å². The van der Waals surface area contributed by atoms with Crippen molar-refractivity contribution < 1.29 is 14.3 Å². The summed E-state index contributed by atoms with van der Waals surface area (Å²) in [6.45, 7) is 2.10. The van der Waals surface area contributed by atoms with Crippen molar-refractivity contribution >= 4 is 34.2 Å². The Kier molecular flexibility index (Phi) is 5.75. The quantitative estimate of drug-likeness (QED) is 0.623. The number of ether oxygens (including phenoxy) is 1. The minimum atomic E-state index is -0.594. The Labute approximate surface area is 189 Å². The van der Waals surface area contributed by atoms with Gasteiger partial charge < -0.3 is 15.0 Å². The smallest absolute Gasteiger partial charge is 0.332 e. The molecule has 0 radical (unpaired) electrons. The first kappa shape index (κ1) is 22.3. The van der Waals surface area contributed by atoms with E-state index in [1.807, 2.05) is 6.92 Å². The first-order valence-electron chi connectivity index (χ1n) is 10.6. The summed E-state index contributed by atoms with van der Waals surface area (Å²) < 4.78 is 7.42. The van der Waals surface area contributed by atoms with Crippen molar-refractivity contribution in [1.82, 2.24) is 14.1 Å². The fourth-order valence-corrected chi connectivity index (χ4v) is 4.10. The van der Waals surface area contributed by atoms with Gasteiger partial charge in [-0.1, -0.05) is 6.92 Å². The van der Waals surface area contributed by atoms with Gasteiger partial charge in [0.2, 0.25) is 11.8 Å². The van der Waals surface area contributed by atoms with Crippen LogP contribution < -0.4 is 26.2 Å². The van der Waals surface area contributed by atoms with Gasteiger partial charge in [0.15, 0.2) is 5.65 Å². The summed E-state index contributed by atoms with van der Waals surface area (Å²) in [5, 5.41) is 3.04. The molecule has 2 aromatic heterocycles. The fraction of sp³-hybridized carbons (Fsp3) is 0.348. The Morgan fingerprint density at radius 1 is 1.15 bits per heavy atom. The zero-order valence-electron chi connectivity index (χ0n) is 18.9. The standard InChI is InChI=1S/C23H25N5O5/c1-5-13-11-24-20-18(22(31)27(3)23(32)26(20)2)19(13)25-21(30)14-10-17(29)28(12-14)15-6-8-16(33-4)9-7-15/h6-9,11,14H,5,10,12H2,1-4H3,(H,24,25,30). The molecule has 33 heavy (non-hydrogen) atoms. The summed E-state index contributed by atoms with van der Waals surface area (Å²) in [7, 11) is 4.47. The van der Waals surface area contributed by atoms with Crippen LogP contribution in [0.15, 0.2) is 40.1 Å². The predicted octanol–water partition coefficient (Wildman–Crippen LogP) is 1.19. The minimum absolute atomic E-state index is 0.0544. The Morgan fingerprint density at radius 2 is 1.85 bits per heavy atom. The van der Waals surface area contributed by atoms with E-state index in [2.05, 4.69) is 10.3 Å². The van der Waals surface area contributed by atoms with Crippen molar-refractivity contribution in [3.8, 4) is 5.75 Å². The van der Waals surface area contributed by atoms with Gasteiger partial charge in [-0.2, -0.15) is 0 Å². The number of carbonyl (C=O) groups excluding carboxylic acids is 2. The van der Waals surface area contributed by atoms with E-state index in [-0.39, 0.29) is 35.8 Å². The number of hydrogen-bond donors (Lipinski definition) is 1. The zero-order chi connectivity index (χ0) is 23.9. The lowest BCUT2D eigenvalue weighted by atomic mass is 10.1. The number of fused-ring (bicyclic) bond motifs is 1. The molecule has 0 saturated carbocycles. The molecule has 1 N–H and O–H groups in total. The van der Waals surface area contributed by atoms with Crippen LogP contribution in [0.5, 0.6) is 5.75 Å². The molecule has 172 valence electrons. The fourth-order valence-electron chi connectivity index (χ4n) is 4.10. The van der Waals surface area contributed by atoms with E-state index in [1.165, 1.54) is 18.7 Å². The highest BCUT2D eigenvalue weighted by atomic mass is 16.5. The number of methoxy groups -OCH3 is 1. The van der Waals surface area contributed by atoms with Crippen LogP contribution in [-0.2, 0) is 30.1 Å². The van der Waals surface area contributed by atoms with E-state index >= 15 is 0 Å². The third kappa shape index (κ3) is 3.77. The maximum absolute atomic E-state index is 13.2. The molecule has 1 saturated heterocycles. The summed E-state index contributed by atoms with van der Waals surface area (Å²) in [6, 6.07) is 7.05. The summed E-state index contributed by atoms with van der Waals surface area (Å²) in [5.41, 5.74) is 0.843. The lowest BCUT2D eigenvalue weighted by molar-refractivity contribution is -0.122. The number of rotatable bonds is 5. The number of benzene rings is 1. The molecule has 3 heterocycles. The van der Waals surface area contributed by atoms with Gasteiger partial charge in [-0.25, -0.2) is 9.78 Å². The second kappa shape index (κ2) is 8.53. The molecule has 1 fully saturated rings. The molecule has 0 spiro atoms. The second-order valence-corrected chi connectivity index (χ2v) is 8.01. The number of nitrogens with one attached hydrogen (secondary N) is 1. The van der Waals surface area contributed by atoms with Gasteiger partial charge in [0.05, 0.1) is 18.7 Å². The van der Waals surface area contributed by atoms with Crippen molar-refractivity contribution in [2.24, 2.45) is 20.0 Å². The molecular formula is C23H25N5O5. The molecule has 0 bridgehead atoms. The van der Waals surface area contributed by atoms with Crippen LogP contribution in [0.1, 0.15) is 18.9 Å². The van der Waals surface area contributed by atoms with Gasteiger partial charge in [0.25, 0.3) is 5.56 Å². The molecule has 1 aromatic carbocycles. The number of nitrogens with zero attached hydrogens (tertiary/aromatic N) is 4. The van der Waals surface area contributed by atoms with E-state index in [0.717, 1.165) is 4.57 Å². The van der Waals surface area contributed by atoms with Crippen LogP contribution in [0, 0.1) is 5.92 Å². The molecule has 1 atom stereocenters. The van der Waals surface area contributed by atoms with Crippen molar-refractivity contribution in [1.29, 1.82) is 0 Å². The van der Waals surface area contributed by atoms with Crippen LogP contribution in [0.3, 0.4) is 0 Å². The number of carbonyl (C=O) groups is 2. The Hall–Kier alpha value is -3.95. The average molecular weight is 451 g/mol. The van der Waals surface area contributed by atoms with E-state index in [0.29, 0.717) is 29.1 Å². The van der Waals surface area contributed by atoms with Crippen LogP contribution in [0.4, 0.5) is 11.4 Å². The molecule has 3 aromatic rings. The third-order valence-corrected chi connectivity index (χ3v) is 6.06. The Bertz CT molecular complexity index is 1370. The van der Waals surface area contributed by atoms with Gasteiger partial charge in [-0.05, 0) is 36.2 Å². The molecule has 1 aliphatic heterocycles. The number of amides is 2. The average Bonchev–Trinajstić information content (AvgIpc) is 3.22. The summed E-state index contributed by atoms with van der Waals surface area (Å²) >= 11 is 0. The SMILES string of the molecule is CCc1cnc2c(c1NC(=O)C1CC(=O)N(c3ccc(OC)cc3)C1)c(=O)n(C)c(=O)n2C. The number of aryl methyl sites for hydroxylation is 2. The van der Waals surface area contributed by atoms with Gasteiger partial charge in [0.1, 0.15) is 11.1 Å². The molecule has 0 aliphatic carbocycles. The summed E-state index contributed by atoms with van der Waals surface area (Å²) in [6.07, 6.45) is 2.13. The summed E-state index contributed by atoms with van der Waals surface area (Å²) in [4.78, 5) is 56.9. The second-order valence-electron chi connectivity index (χ2n) is 8.01. The van der Waals surface area contributed by atoms with Crippen LogP contribution in [0.2, 0.25) is 0 Å². The van der Waals surface area contributed by atoms with Crippen molar-refractivity contribution in [2.75, 3.05) is 23.9 Å². The molecule has 1 aliphatic rings. The summed E-state index contributed by atoms with van der Waals surface area (Å²) in [5.74, 6) is -0.442. The number of hydrogen-bond acceptors (Lipinski definition) is 6. The molecule has 1 unspecified atom stereocenters. The van der Waals surface area contributed by atoms with E-state index in [9.17, 15) is 19.2 Å². The molecule has 4 rings (SSSR count). The first-order chi connectivity index (χ1) is 15.8. The maximum atomic E-state index is 13.2. The lowest BCUT2D eigenvalue weighted by Crippen LogP contribution is -2.38. The highest BCUT2D eigenvalue weighted by Gasteiger charge is 2.35. The number of anilines is 2. The van der Waals surface area contributed by atoms with Crippen molar-refractivity contribution in [3.63, 3.8) is 0 Å². The van der Waals surface area contributed by atoms with E-state index in [1.54, 1.807) is 42.5 Å².